The van der Waals surface area contributed by atoms with Crippen molar-refractivity contribution < 1.29 is 14.5 Å². The van der Waals surface area contributed by atoms with Gasteiger partial charge in [-0.2, -0.15) is 14.6 Å². The zero-order valence-corrected chi connectivity index (χ0v) is 21.6. The number of para-hydroxylation sites is 2. The molecule has 0 saturated heterocycles. The number of fused-ring (bicyclic) bond motifs is 1. The summed E-state index contributed by atoms with van der Waals surface area (Å²) < 4.78 is 8.48. The molecule has 0 aliphatic carbocycles. The lowest BCUT2D eigenvalue weighted by Gasteiger charge is -2.04. The molecule has 3 aromatic heterocycles. The number of carbonyl (C=O) groups is 1. The molecule has 0 saturated carbocycles. The highest BCUT2D eigenvalue weighted by Gasteiger charge is 2.18. The zero-order chi connectivity index (χ0) is 27.8. The van der Waals surface area contributed by atoms with Gasteiger partial charge in [0.1, 0.15) is 11.4 Å². The molecule has 0 aliphatic rings. The van der Waals surface area contributed by atoms with Gasteiger partial charge >= 0.3 is 5.97 Å². The summed E-state index contributed by atoms with van der Waals surface area (Å²) in [6, 6.07) is 22.4. The van der Waals surface area contributed by atoms with Gasteiger partial charge < -0.3 is 4.74 Å². The second kappa shape index (κ2) is 10.0. The smallest absolute Gasteiger partial charge is 0.308 e. The fourth-order valence-electron chi connectivity index (χ4n) is 4.18. The number of thiazole rings is 1. The van der Waals surface area contributed by atoms with Crippen molar-refractivity contribution in [2.45, 2.75) is 6.92 Å². The molecule has 196 valence electrons. The van der Waals surface area contributed by atoms with Crippen molar-refractivity contribution >= 4 is 34.0 Å². The van der Waals surface area contributed by atoms with Crippen molar-refractivity contribution in [3.05, 3.63) is 116 Å². The maximum Gasteiger partial charge on any atom is 0.308 e. The molecule has 0 unspecified atom stereocenters. The van der Waals surface area contributed by atoms with Crippen LogP contribution < -0.4 is 14.8 Å². The molecule has 0 aliphatic heterocycles. The zero-order valence-electron chi connectivity index (χ0n) is 20.8. The number of nitro benzene ring substituents is 1. The summed E-state index contributed by atoms with van der Waals surface area (Å²) in [5.74, 6) is 0.0637. The molecular weight excluding hydrogens is 532 g/mol. The third-order valence-electron chi connectivity index (χ3n) is 5.94. The number of hydrogen-bond acceptors (Lipinski definition) is 9. The summed E-state index contributed by atoms with van der Waals surface area (Å²) in [5, 5.41) is 20.5. The number of non-ortho nitro benzene ring substituents is 1. The third kappa shape index (κ3) is 4.63. The van der Waals surface area contributed by atoms with Crippen LogP contribution in [0.2, 0.25) is 0 Å². The Bertz CT molecular complexity index is 2030. The van der Waals surface area contributed by atoms with Gasteiger partial charge in [0.15, 0.2) is 5.82 Å². The van der Waals surface area contributed by atoms with E-state index < -0.39 is 10.9 Å². The lowest BCUT2D eigenvalue weighted by Crippen LogP contribution is -2.23. The average Bonchev–Trinajstić information content (AvgIpc) is 3.64. The van der Waals surface area contributed by atoms with Crippen molar-refractivity contribution in [1.82, 2.24) is 24.4 Å². The molecule has 3 aromatic carbocycles. The number of benzene rings is 3. The SMILES string of the molecule is CC(=O)Oc1ccccc1-c1nc2s/c(=C\c3cn(-c4ccccc4)nc3-c3cccc([N+](=O)[O-])c3)c(=O)n2n1. The van der Waals surface area contributed by atoms with Crippen LogP contribution in [0.15, 0.2) is 89.9 Å². The highest BCUT2D eigenvalue weighted by Crippen LogP contribution is 2.29. The molecule has 0 N–H and O–H groups in total. The Morgan fingerprint density at radius 2 is 1.80 bits per heavy atom. The number of carbonyl (C=O) groups excluding carboxylic acids is 1. The minimum atomic E-state index is -0.481. The maximum absolute atomic E-state index is 13.3. The Morgan fingerprint density at radius 1 is 1.02 bits per heavy atom. The molecule has 40 heavy (non-hydrogen) atoms. The van der Waals surface area contributed by atoms with Crippen LogP contribution in [0, 0.1) is 10.1 Å². The van der Waals surface area contributed by atoms with E-state index in [0.717, 1.165) is 17.0 Å². The summed E-state index contributed by atoms with van der Waals surface area (Å²) in [6.07, 6.45) is 3.44. The number of aromatic nitrogens is 5. The van der Waals surface area contributed by atoms with Crippen molar-refractivity contribution in [1.29, 1.82) is 0 Å². The molecule has 11 nitrogen and oxygen atoms in total. The lowest BCUT2D eigenvalue weighted by molar-refractivity contribution is -0.384. The Labute approximate surface area is 229 Å². The maximum atomic E-state index is 13.3. The Balaban J connectivity index is 1.48. The first-order valence-electron chi connectivity index (χ1n) is 12.0. The molecule has 3 heterocycles. The molecular formula is C28H18N6O5S. The number of hydrogen-bond donors (Lipinski definition) is 0. The van der Waals surface area contributed by atoms with Gasteiger partial charge in [-0.25, -0.2) is 4.68 Å². The van der Waals surface area contributed by atoms with Crippen LogP contribution in [-0.4, -0.2) is 35.3 Å². The van der Waals surface area contributed by atoms with E-state index in [-0.39, 0.29) is 17.1 Å². The minimum Gasteiger partial charge on any atom is -0.426 e. The van der Waals surface area contributed by atoms with Gasteiger partial charge in [0.05, 0.1) is 20.7 Å². The number of nitro groups is 1. The van der Waals surface area contributed by atoms with E-state index in [9.17, 15) is 19.7 Å². The number of ether oxygens (including phenoxy) is 1. The monoisotopic (exact) mass is 550 g/mol. The Hall–Kier alpha value is -5.49. The Morgan fingerprint density at radius 3 is 2.55 bits per heavy atom. The lowest BCUT2D eigenvalue weighted by atomic mass is 10.1. The van der Waals surface area contributed by atoms with Crippen LogP contribution in [0.4, 0.5) is 5.69 Å². The second-order valence-corrected chi connectivity index (χ2v) is 9.67. The normalized spacial score (nSPS) is 11.7. The van der Waals surface area contributed by atoms with Crippen LogP contribution in [0.3, 0.4) is 0 Å². The average molecular weight is 551 g/mol. The largest absolute Gasteiger partial charge is 0.426 e. The predicted molar refractivity (Wildman–Crippen MR) is 148 cm³/mol. The van der Waals surface area contributed by atoms with Gasteiger partial charge in [0.2, 0.25) is 4.96 Å². The summed E-state index contributed by atoms with van der Waals surface area (Å²) in [5.41, 5.74) is 2.41. The molecule has 0 fully saturated rings. The summed E-state index contributed by atoms with van der Waals surface area (Å²) in [7, 11) is 0. The van der Waals surface area contributed by atoms with Gasteiger partial charge in [0.25, 0.3) is 11.2 Å². The van der Waals surface area contributed by atoms with Crippen molar-refractivity contribution in [2.75, 3.05) is 0 Å². The van der Waals surface area contributed by atoms with Crippen LogP contribution in [0.25, 0.3) is 39.4 Å². The van der Waals surface area contributed by atoms with Gasteiger partial charge in [-0.05, 0) is 30.3 Å². The minimum absolute atomic E-state index is 0.0671. The fourth-order valence-corrected chi connectivity index (χ4v) is 5.08. The standard InChI is InChI=1S/C28H18N6O5S/c1-17(35)39-23-13-6-5-12-22(23)26-29-28-33(31-26)27(36)24(40-28)15-19-16-32(20-9-3-2-4-10-20)30-25(19)18-8-7-11-21(14-18)34(37)38/h2-16H,1H3/b24-15-. The summed E-state index contributed by atoms with van der Waals surface area (Å²) in [4.78, 5) is 40.6. The van der Waals surface area contributed by atoms with Crippen LogP contribution in [-0.2, 0) is 4.79 Å². The highest BCUT2D eigenvalue weighted by molar-refractivity contribution is 7.15. The van der Waals surface area contributed by atoms with E-state index in [1.807, 2.05) is 30.3 Å². The van der Waals surface area contributed by atoms with E-state index >= 15 is 0 Å². The van der Waals surface area contributed by atoms with Gasteiger partial charge in [0, 0.05) is 36.4 Å². The van der Waals surface area contributed by atoms with E-state index in [1.54, 1.807) is 53.4 Å². The van der Waals surface area contributed by atoms with Gasteiger partial charge in [-0.15, -0.1) is 5.10 Å². The number of esters is 1. The van der Waals surface area contributed by atoms with Crippen LogP contribution in [0.1, 0.15) is 12.5 Å². The number of nitrogens with zero attached hydrogens (tertiary/aromatic N) is 6. The van der Waals surface area contributed by atoms with E-state index in [1.165, 1.54) is 23.6 Å². The van der Waals surface area contributed by atoms with E-state index in [2.05, 4.69) is 10.1 Å². The molecule has 0 bridgehead atoms. The van der Waals surface area contributed by atoms with Crippen LogP contribution in [0.5, 0.6) is 5.75 Å². The molecule has 0 spiro atoms. The number of rotatable bonds is 6. The van der Waals surface area contributed by atoms with Gasteiger partial charge in [-0.3, -0.25) is 19.7 Å². The topological polar surface area (TPSA) is 135 Å². The van der Waals surface area contributed by atoms with Gasteiger partial charge in [-0.1, -0.05) is 53.8 Å². The molecule has 12 heteroatoms. The molecule has 0 amide bonds. The molecule has 6 aromatic rings. The molecule has 6 rings (SSSR count). The first kappa shape index (κ1) is 24.8. The summed E-state index contributed by atoms with van der Waals surface area (Å²) in [6.45, 7) is 1.30. The molecule has 0 atom stereocenters. The first-order valence-corrected chi connectivity index (χ1v) is 12.8. The fraction of sp³-hybridized carbons (Fsp3) is 0.0357. The molecule has 0 radical (unpaired) electrons. The third-order valence-corrected chi connectivity index (χ3v) is 6.90. The van der Waals surface area contributed by atoms with E-state index in [0.29, 0.717) is 37.6 Å². The predicted octanol–water partition coefficient (Wildman–Crippen LogP) is 4.05. The highest BCUT2D eigenvalue weighted by atomic mass is 32.1. The van der Waals surface area contributed by atoms with Crippen LogP contribution >= 0.6 is 11.3 Å². The van der Waals surface area contributed by atoms with Crippen molar-refractivity contribution in [3.8, 4) is 34.1 Å². The second-order valence-electron chi connectivity index (χ2n) is 8.66. The summed E-state index contributed by atoms with van der Waals surface area (Å²) >= 11 is 1.14. The quantitative estimate of drug-likeness (QED) is 0.131. The van der Waals surface area contributed by atoms with E-state index in [4.69, 9.17) is 9.84 Å². The first-order chi connectivity index (χ1) is 19.4. The van der Waals surface area contributed by atoms with Crippen molar-refractivity contribution in [2.24, 2.45) is 0 Å². The van der Waals surface area contributed by atoms with Crippen molar-refractivity contribution in [3.63, 3.8) is 0 Å². The Kier molecular flexibility index (Phi) is 6.21.